The maximum Gasteiger partial charge on any atom is 0.258 e. The van der Waals surface area contributed by atoms with Gasteiger partial charge < -0.3 is 14.8 Å². The molecule has 198 valence electrons. The summed E-state index contributed by atoms with van der Waals surface area (Å²) in [7, 11) is -5.79. The van der Waals surface area contributed by atoms with Crippen LogP contribution < -0.4 is 14.8 Å². The molecule has 0 unspecified atom stereocenters. The first-order chi connectivity index (χ1) is 17.1. The molecule has 1 heterocycles. The lowest BCUT2D eigenvalue weighted by Crippen LogP contribution is -2.35. The molecule has 3 rings (SSSR count). The van der Waals surface area contributed by atoms with Crippen LogP contribution in [0.2, 0.25) is 5.02 Å². The van der Waals surface area contributed by atoms with Crippen molar-refractivity contribution >= 4 is 37.6 Å². The second-order valence-electron chi connectivity index (χ2n) is 8.16. The molecule has 1 aliphatic heterocycles. The predicted molar refractivity (Wildman–Crippen MR) is 135 cm³/mol. The fourth-order valence-corrected chi connectivity index (χ4v) is 6.41. The Kier molecular flexibility index (Phi) is 10.1. The zero-order valence-electron chi connectivity index (χ0n) is 19.9. The number of benzene rings is 2. The molecule has 10 nitrogen and oxygen atoms in total. The highest BCUT2D eigenvalue weighted by atomic mass is 35.5. The van der Waals surface area contributed by atoms with Gasteiger partial charge in [-0.3, -0.25) is 4.79 Å². The van der Waals surface area contributed by atoms with Crippen molar-refractivity contribution in [2.75, 3.05) is 40.0 Å². The SMILES string of the molecule is COCCNS(=O)(=O)c1ccc(OCC(=O)NCc2ccc(S(=O)(=O)N3CCCCC3)cc2)c(Cl)c1. The van der Waals surface area contributed by atoms with Gasteiger partial charge in [0.05, 0.1) is 21.4 Å². The van der Waals surface area contributed by atoms with E-state index in [9.17, 15) is 21.6 Å². The van der Waals surface area contributed by atoms with Crippen molar-refractivity contribution in [3.63, 3.8) is 0 Å². The highest BCUT2D eigenvalue weighted by Crippen LogP contribution is 2.27. The minimum Gasteiger partial charge on any atom is -0.482 e. The first-order valence-corrected chi connectivity index (χ1v) is 14.7. The lowest BCUT2D eigenvalue weighted by Gasteiger charge is -2.25. The van der Waals surface area contributed by atoms with Crippen molar-refractivity contribution in [1.29, 1.82) is 0 Å². The van der Waals surface area contributed by atoms with Crippen LogP contribution in [0.4, 0.5) is 0 Å². The molecule has 2 N–H and O–H groups in total. The predicted octanol–water partition coefficient (Wildman–Crippen LogP) is 2.13. The van der Waals surface area contributed by atoms with E-state index in [0.29, 0.717) is 13.1 Å². The number of rotatable bonds is 12. The highest BCUT2D eigenvalue weighted by Gasteiger charge is 2.25. The molecule has 0 bridgehead atoms. The molecule has 0 saturated carbocycles. The largest absolute Gasteiger partial charge is 0.482 e. The molecule has 0 aromatic heterocycles. The van der Waals surface area contributed by atoms with Crippen LogP contribution in [0.1, 0.15) is 24.8 Å². The molecule has 1 fully saturated rings. The van der Waals surface area contributed by atoms with E-state index in [1.807, 2.05) is 0 Å². The summed E-state index contributed by atoms with van der Waals surface area (Å²) in [5, 5.41) is 2.73. The number of carbonyl (C=O) groups excluding carboxylic acids is 1. The summed E-state index contributed by atoms with van der Waals surface area (Å²) >= 11 is 6.13. The Morgan fingerprint density at radius 2 is 1.67 bits per heavy atom. The first kappa shape index (κ1) is 28.4. The number of hydrogen-bond donors (Lipinski definition) is 2. The summed E-state index contributed by atoms with van der Waals surface area (Å²) in [6.07, 6.45) is 2.78. The van der Waals surface area contributed by atoms with Gasteiger partial charge in [0, 0.05) is 33.3 Å². The van der Waals surface area contributed by atoms with Gasteiger partial charge in [-0.1, -0.05) is 30.2 Å². The first-order valence-electron chi connectivity index (χ1n) is 11.4. The van der Waals surface area contributed by atoms with E-state index < -0.39 is 26.0 Å². The molecule has 36 heavy (non-hydrogen) atoms. The number of carbonyl (C=O) groups is 1. The van der Waals surface area contributed by atoms with Gasteiger partial charge in [0.2, 0.25) is 20.0 Å². The summed E-state index contributed by atoms with van der Waals surface area (Å²) in [5.74, 6) is -0.260. The Morgan fingerprint density at radius 1 is 1.00 bits per heavy atom. The van der Waals surface area contributed by atoms with Crippen molar-refractivity contribution in [3.8, 4) is 5.75 Å². The number of methoxy groups -OCH3 is 1. The lowest BCUT2D eigenvalue weighted by atomic mass is 10.2. The van der Waals surface area contributed by atoms with Crippen molar-refractivity contribution in [1.82, 2.24) is 14.3 Å². The molecule has 13 heteroatoms. The molecule has 2 aromatic rings. The van der Waals surface area contributed by atoms with Crippen LogP contribution in [0.15, 0.2) is 52.3 Å². The van der Waals surface area contributed by atoms with Crippen molar-refractivity contribution in [3.05, 3.63) is 53.1 Å². The average Bonchev–Trinajstić information content (AvgIpc) is 2.87. The minimum absolute atomic E-state index is 0.0360. The molecule has 0 atom stereocenters. The molecular weight excluding hydrogens is 530 g/mol. The molecule has 1 amide bonds. The zero-order chi connectivity index (χ0) is 26.2. The Balaban J connectivity index is 1.50. The van der Waals surface area contributed by atoms with E-state index in [1.54, 1.807) is 24.3 Å². The Bertz CT molecular complexity index is 1250. The fraction of sp³-hybridized carbons (Fsp3) is 0.435. The monoisotopic (exact) mass is 559 g/mol. The van der Waals surface area contributed by atoms with Gasteiger partial charge in [0.15, 0.2) is 6.61 Å². The molecule has 1 saturated heterocycles. The van der Waals surface area contributed by atoms with Crippen LogP contribution in [0.25, 0.3) is 0 Å². The maximum atomic E-state index is 12.7. The van der Waals surface area contributed by atoms with Crippen LogP contribution in [0, 0.1) is 0 Å². The topological polar surface area (TPSA) is 131 Å². The molecule has 0 radical (unpaired) electrons. The van der Waals surface area contributed by atoms with Crippen LogP contribution in [0.5, 0.6) is 5.75 Å². The van der Waals surface area contributed by atoms with Gasteiger partial charge in [-0.05, 0) is 48.7 Å². The fourth-order valence-electron chi connectivity index (χ4n) is 3.56. The molecule has 0 aliphatic carbocycles. The van der Waals surface area contributed by atoms with Gasteiger partial charge in [-0.15, -0.1) is 0 Å². The standard InChI is InChI=1S/C23H30ClN3O7S2/c1-33-14-11-26-35(29,30)20-9-10-22(21(24)15-20)34-17-23(28)25-16-18-5-7-19(8-6-18)36(31,32)27-12-3-2-4-13-27/h5-10,15,26H,2-4,11-14,16-17H2,1H3,(H,25,28). The number of nitrogens with zero attached hydrogens (tertiary/aromatic N) is 1. The van der Waals surface area contributed by atoms with Gasteiger partial charge in [-0.25, -0.2) is 21.6 Å². The molecule has 0 spiro atoms. The molecule has 2 aromatic carbocycles. The summed E-state index contributed by atoms with van der Waals surface area (Å²) in [4.78, 5) is 12.4. The maximum absolute atomic E-state index is 12.7. The van der Waals surface area contributed by atoms with Gasteiger partial charge in [-0.2, -0.15) is 4.31 Å². The summed E-state index contributed by atoms with van der Waals surface area (Å²) in [6.45, 7) is 1.27. The second-order valence-corrected chi connectivity index (χ2v) is 12.3. The number of ether oxygens (including phenoxy) is 2. The van der Waals surface area contributed by atoms with E-state index in [0.717, 1.165) is 24.8 Å². The second kappa shape index (κ2) is 12.8. The van der Waals surface area contributed by atoms with Crippen molar-refractivity contribution in [2.24, 2.45) is 0 Å². The van der Waals surface area contributed by atoms with E-state index in [-0.39, 0.29) is 46.9 Å². The third-order valence-electron chi connectivity index (χ3n) is 5.54. The zero-order valence-corrected chi connectivity index (χ0v) is 22.3. The van der Waals surface area contributed by atoms with E-state index in [1.165, 1.54) is 29.6 Å². The normalized spacial score (nSPS) is 14.9. The minimum atomic E-state index is -3.75. The van der Waals surface area contributed by atoms with Crippen molar-refractivity contribution in [2.45, 2.75) is 35.6 Å². The Morgan fingerprint density at radius 3 is 2.31 bits per heavy atom. The quantitative estimate of drug-likeness (QED) is 0.381. The van der Waals surface area contributed by atoms with Crippen molar-refractivity contribution < 1.29 is 31.1 Å². The molecule has 1 aliphatic rings. The lowest BCUT2D eigenvalue weighted by molar-refractivity contribution is -0.123. The third-order valence-corrected chi connectivity index (χ3v) is 9.20. The Labute approximate surface area is 217 Å². The van der Waals surface area contributed by atoms with E-state index >= 15 is 0 Å². The van der Waals surface area contributed by atoms with E-state index in [4.69, 9.17) is 21.1 Å². The number of amides is 1. The third kappa shape index (κ3) is 7.64. The summed E-state index contributed by atoms with van der Waals surface area (Å²) < 4.78 is 64.1. The summed E-state index contributed by atoms with van der Waals surface area (Å²) in [5.41, 5.74) is 0.731. The number of halogens is 1. The number of nitrogens with one attached hydrogen (secondary N) is 2. The van der Waals surface area contributed by atoms with Crippen LogP contribution in [0.3, 0.4) is 0 Å². The smallest absolute Gasteiger partial charge is 0.258 e. The van der Waals surface area contributed by atoms with Crippen LogP contribution >= 0.6 is 11.6 Å². The number of sulfonamides is 2. The van der Waals surface area contributed by atoms with Crippen LogP contribution in [-0.2, 0) is 36.1 Å². The van der Waals surface area contributed by atoms with E-state index in [2.05, 4.69) is 10.0 Å². The van der Waals surface area contributed by atoms with Gasteiger partial charge in [0.25, 0.3) is 5.91 Å². The summed E-state index contributed by atoms with van der Waals surface area (Å²) in [6, 6.07) is 10.4. The molecular formula is C23H30ClN3O7S2. The van der Waals surface area contributed by atoms with Crippen LogP contribution in [-0.4, -0.2) is 67.0 Å². The number of piperidine rings is 1. The van der Waals surface area contributed by atoms with Gasteiger partial charge in [0.1, 0.15) is 5.75 Å². The average molecular weight is 560 g/mol. The van der Waals surface area contributed by atoms with Gasteiger partial charge >= 0.3 is 0 Å². The Hall–Kier alpha value is -2.22. The number of hydrogen-bond acceptors (Lipinski definition) is 7. The highest BCUT2D eigenvalue weighted by molar-refractivity contribution is 7.89.